The molecule has 0 aliphatic carbocycles. The van der Waals surface area contributed by atoms with Gasteiger partial charge in [-0.25, -0.2) is 8.42 Å². The molecule has 0 aromatic heterocycles. The lowest BCUT2D eigenvalue weighted by Gasteiger charge is -2.05. The van der Waals surface area contributed by atoms with Gasteiger partial charge < -0.3 is 0 Å². The molecule has 68 valence electrons. The molecule has 0 aliphatic heterocycles. The van der Waals surface area contributed by atoms with Gasteiger partial charge >= 0.3 is 5.51 Å². The number of nitriles is 1. The van der Waals surface area contributed by atoms with Crippen LogP contribution in [-0.2, 0) is 9.84 Å². The Morgan fingerprint density at radius 3 is 2.17 bits per heavy atom. The Labute approximate surface area is 67.0 Å². The van der Waals surface area contributed by atoms with Crippen molar-refractivity contribution in [1.29, 1.82) is 5.26 Å². The van der Waals surface area contributed by atoms with E-state index in [1.54, 1.807) is 0 Å². The average Bonchev–Trinajstić information content (AvgIpc) is 1.84. The molecule has 0 saturated carbocycles. The topological polar surface area (TPSA) is 57.9 Å². The Hall–Kier alpha value is -1.03. The zero-order valence-corrected chi connectivity index (χ0v) is 6.54. The fourth-order valence-electron chi connectivity index (χ4n) is 0.343. The molecule has 12 heavy (non-hydrogen) atoms. The first kappa shape index (κ1) is 11.0. The second-order valence-electron chi connectivity index (χ2n) is 1.92. The Bertz CT molecular complexity index is 322. The number of halogens is 3. The molecule has 0 fully saturated rings. The Balaban J connectivity index is 4.72. The van der Waals surface area contributed by atoms with Crippen molar-refractivity contribution in [3.05, 3.63) is 12.2 Å². The fraction of sp³-hybridized carbons (Fsp3) is 0.400. The van der Waals surface area contributed by atoms with Gasteiger partial charge in [0.2, 0.25) is 0 Å². The lowest BCUT2D eigenvalue weighted by atomic mass is 10.4. The molecule has 0 radical (unpaired) electrons. The van der Waals surface area contributed by atoms with Crippen molar-refractivity contribution in [3.63, 3.8) is 0 Å². The van der Waals surface area contributed by atoms with E-state index >= 15 is 0 Å². The molecule has 0 heterocycles. The summed E-state index contributed by atoms with van der Waals surface area (Å²) < 4.78 is 55.3. The zero-order chi connectivity index (χ0) is 9.99. The molecule has 0 bridgehead atoms. The van der Waals surface area contributed by atoms with Crippen LogP contribution in [0.3, 0.4) is 0 Å². The van der Waals surface area contributed by atoms with Gasteiger partial charge in [0.05, 0.1) is 11.8 Å². The summed E-state index contributed by atoms with van der Waals surface area (Å²) in [5.74, 6) is -1.37. The predicted molar refractivity (Wildman–Crippen MR) is 34.6 cm³/mol. The number of sulfone groups is 1. The maximum atomic E-state index is 11.6. The summed E-state index contributed by atoms with van der Waals surface area (Å²) in [7, 11) is -5.23. The van der Waals surface area contributed by atoms with Gasteiger partial charge in [-0.05, 0) is 0 Å². The Kier molecular flexibility index (Phi) is 2.88. The first-order valence-corrected chi connectivity index (χ1v) is 4.23. The minimum atomic E-state index is -5.31. The summed E-state index contributed by atoms with van der Waals surface area (Å²) in [5, 5.41) is 7.98. The van der Waals surface area contributed by atoms with E-state index in [1.807, 2.05) is 0 Å². The quantitative estimate of drug-likeness (QED) is 0.623. The number of hydrogen-bond donors (Lipinski definition) is 0. The van der Waals surface area contributed by atoms with Crippen LogP contribution in [-0.4, -0.2) is 19.7 Å². The summed E-state index contributed by atoms with van der Waals surface area (Å²) in [6.07, 6.45) is 0. The van der Waals surface area contributed by atoms with Crippen LogP contribution < -0.4 is 0 Å². The van der Waals surface area contributed by atoms with Crippen LogP contribution in [0.5, 0.6) is 0 Å². The van der Waals surface area contributed by atoms with E-state index in [1.165, 1.54) is 6.07 Å². The highest BCUT2D eigenvalue weighted by molar-refractivity contribution is 7.92. The van der Waals surface area contributed by atoms with Gasteiger partial charge in [-0.3, -0.25) is 0 Å². The summed E-state index contributed by atoms with van der Waals surface area (Å²) >= 11 is 0. The van der Waals surface area contributed by atoms with Gasteiger partial charge in [-0.15, -0.1) is 0 Å². The van der Waals surface area contributed by atoms with Gasteiger partial charge in [0, 0.05) is 5.57 Å². The maximum absolute atomic E-state index is 11.6. The second kappa shape index (κ2) is 3.15. The summed E-state index contributed by atoms with van der Waals surface area (Å²) in [6, 6.07) is 1.22. The van der Waals surface area contributed by atoms with Gasteiger partial charge in [0.25, 0.3) is 9.84 Å². The molecule has 0 aliphatic rings. The minimum Gasteiger partial charge on any atom is -0.219 e. The molecular formula is C5H4F3NO2S. The van der Waals surface area contributed by atoms with Crippen LogP contribution in [0.15, 0.2) is 12.2 Å². The number of nitrogens with zero attached hydrogens (tertiary/aromatic N) is 1. The number of alkyl halides is 3. The minimum absolute atomic E-state index is 0.632. The third-order valence-electron chi connectivity index (χ3n) is 0.875. The van der Waals surface area contributed by atoms with Crippen LogP contribution >= 0.6 is 0 Å². The largest absolute Gasteiger partial charge is 0.497 e. The SMILES string of the molecule is C=C(C#N)CS(=O)(=O)C(F)(F)F. The van der Waals surface area contributed by atoms with E-state index in [0.717, 1.165) is 0 Å². The monoisotopic (exact) mass is 199 g/mol. The molecule has 0 spiro atoms. The van der Waals surface area contributed by atoms with Crippen molar-refractivity contribution in [2.75, 3.05) is 5.75 Å². The molecule has 0 rings (SSSR count). The molecular weight excluding hydrogens is 195 g/mol. The van der Waals surface area contributed by atoms with Crippen molar-refractivity contribution in [2.24, 2.45) is 0 Å². The molecule has 7 heteroatoms. The standard InChI is InChI=1S/C5H4F3NO2S/c1-4(2-9)3-12(10,11)5(6,7)8/h1,3H2. The molecule has 0 aromatic carbocycles. The van der Waals surface area contributed by atoms with E-state index in [-0.39, 0.29) is 0 Å². The van der Waals surface area contributed by atoms with E-state index in [9.17, 15) is 21.6 Å². The molecule has 0 N–H and O–H groups in total. The molecule has 0 atom stereocenters. The van der Waals surface area contributed by atoms with Crippen molar-refractivity contribution in [1.82, 2.24) is 0 Å². The van der Waals surface area contributed by atoms with Gasteiger partial charge in [0.1, 0.15) is 0 Å². The van der Waals surface area contributed by atoms with Crippen molar-refractivity contribution in [2.45, 2.75) is 5.51 Å². The second-order valence-corrected chi connectivity index (χ2v) is 3.90. The van der Waals surface area contributed by atoms with Crippen LogP contribution in [0.1, 0.15) is 0 Å². The Morgan fingerprint density at radius 1 is 1.50 bits per heavy atom. The smallest absolute Gasteiger partial charge is 0.219 e. The summed E-state index contributed by atoms with van der Waals surface area (Å²) in [6.45, 7) is 2.83. The third-order valence-corrected chi connectivity index (χ3v) is 2.31. The van der Waals surface area contributed by atoms with Crippen LogP contribution in [0, 0.1) is 11.3 Å². The first-order valence-electron chi connectivity index (χ1n) is 2.57. The van der Waals surface area contributed by atoms with Crippen LogP contribution in [0.25, 0.3) is 0 Å². The van der Waals surface area contributed by atoms with Crippen LogP contribution in [0.2, 0.25) is 0 Å². The summed E-state index contributed by atoms with van der Waals surface area (Å²) in [5.41, 5.74) is -5.94. The molecule has 0 aromatic rings. The third kappa shape index (κ3) is 2.54. The Morgan fingerprint density at radius 2 is 1.92 bits per heavy atom. The highest BCUT2D eigenvalue weighted by Gasteiger charge is 2.45. The maximum Gasteiger partial charge on any atom is 0.497 e. The predicted octanol–water partition coefficient (Wildman–Crippen LogP) is 1.00. The molecule has 0 unspecified atom stereocenters. The molecule has 3 nitrogen and oxygen atoms in total. The van der Waals surface area contributed by atoms with E-state index in [2.05, 4.69) is 6.58 Å². The summed E-state index contributed by atoms with van der Waals surface area (Å²) in [4.78, 5) is 0. The van der Waals surface area contributed by atoms with Crippen LogP contribution in [0.4, 0.5) is 13.2 Å². The van der Waals surface area contributed by atoms with E-state index in [4.69, 9.17) is 5.26 Å². The van der Waals surface area contributed by atoms with E-state index < -0.39 is 26.7 Å². The van der Waals surface area contributed by atoms with Gasteiger partial charge in [-0.1, -0.05) is 6.58 Å². The zero-order valence-electron chi connectivity index (χ0n) is 5.72. The van der Waals surface area contributed by atoms with E-state index in [0.29, 0.717) is 0 Å². The van der Waals surface area contributed by atoms with Gasteiger partial charge in [-0.2, -0.15) is 18.4 Å². The normalized spacial score (nSPS) is 12.2. The first-order chi connectivity index (χ1) is 5.20. The molecule has 0 saturated heterocycles. The number of hydrogen-bond acceptors (Lipinski definition) is 3. The van der Waals surface area contributed by atoms with Gasteiger partial charge in [0.15, 0.2) is 0 Å². The average molecular weight is 199 g/mol. The molecule has 0 amide bonds. The van der Waals surface area contributed by atoms with Crippen molar-refractivity contribution < 1.29 is 21.6 Å². The fourth-order valence-corrected chi connectivity index (χ4v) is 1.03. The highest BCUT2D eigenvalue weighted by atomic mass is 32.2. The lowest BCUT2D eigenvalue weighted by Crippen LogP contribution is -2.26. The lowest BCUT2D eigenvalue weighted by molar-refractivity contribution is -0.0433. The van der Waals surface area contributed by atoms with Crippen molar-refractivity contribution >= 4 is 9.84 Å². The highest BCUT2D eigenvalue weighted by Crippen LogP contribution is 2.24. The van der Waals surface area contributed by atoms with Crippen molar-refractivity contribution in [3.8, 4) is 6.07 Å². The number of rotatable bonds is 2.